The summed E-state index contributed by atoms with van der Waals surface area (Å²) in [5, 5.41) is 3.05. The fraction of sp³-hybridized carbons (Fsp3) is 1.00. The summed E-state index contributed by atoms with van der Waals surface area (Å²) in [6.07, 6.45) is 20.3. The van der Waals surface area contributed by atoms with Crippen molar-refractivity contribution in [2.45, 2.75) is 103 Å². The number of nitrogens with one attached hydrogen (secondary N) is 1. The van der Waals surface area contributed by atoms with Gasteiger partial charge >= 0.3 is 29.6 Å². The van der Waals surface area contributed by atoms with Crippen molar-refractivity contribution in [1.82, 2.24) is 5.32 Å². The zero-order valence-corrected chi connectivity index (χ0v) is 19.7. The van der Waals surface area contributed by atoms with Crippen LogP contribution in [0.3, 0.4) is 0 Å². The third kappa shape index (κ3) is 27.2. The van der Waals surface area contributed by atoms with E-state index in [1.807, 2.05) is 0 Å². The monoisotopic (exact) mass is 387 g/mol. The summed E-state index contributed by atoms with van der Waals surface area (Å²) < 4.78 is 29.6. The van der Waals surface area contributed by atoms with Crippen molar-refractivity contribution in [3.05, 3.63) is 0 Å². The van der Waals surface area contributed by atoms with Crippen LogP contribution in [-0.2, 0) is 10.1 Å². The summed E-state index contributed by atoms with van der Waals surface area (Å²) >= 11 is 0. The molecule has 0 aliphatic carbocycles. The molecule has 0 aromatic carbocycles. The van der Waals surface area contributed by atoms with Crippen LogP contribution in [0.25, 0.3) is 0 Å². The molecule has 0 radical (unpaired) electrons. The van der Waals surface area contributed by atoms with Crippen LogP contribution in [0, 0.1) is 0 Å². The molecule has 0 bridgehead atoms. The fourth-order valence-electron chi connectivity index (χ4n) is 2.95. The maximum atomic E-state index is 10.5. The smallest absolute Gasteiger partial charge is 1.00 e. The summed E-state index contributed by atoms with van der Waals surface area (Å²) in [4.78, 5) is 0. The number of hydrogen-bond acceptors (Lipinski definition) is 3. The minimum Gasteiger partial charge on any atom is -1.00 e. The first-order valence-corrected chi connectivity index (χ1v) is 11.8. The summed E-state index contributed by atoms with van der Waals surface area (Å²) in [5.74, 6) is -0.189. The number of hydrogen-bond donors (Lipinski definition) is 2. The van der Waals surface area contributed by atoms with E-state index in [2.05, 4.69) is 12.2 Å². The van der Waals surface area contributed by atoms with E-state index in [0.717, 1.165) is 13.0 Å². The van der Waals surface area contributed by atoms with E-state index in [1.165, 1.54) is 89.9 Å². The van der Waals surface area contributed by atoms with Gasteiger partial charge in [0.1, 0.15) is 0 Å². The molecule has 0 aromatic rings. The van der Waals surface area contributed by atoms with Gasteiger partial charge in [-0.25, -0.2) is 0 Å². The Morgan fingerprint density at radius 2 is 1.04 bits per heavy atom. The van der Waals surface area contributed by atoms with E-state index >= 15 is 0 Å². The minimum absolute atomic E-state index is 0. The normalized spacial score (nSPS) is 11.4. The number of rotatable bonds is 19. The predicted molar refractivity (Wildman–Crippen MR) is 105 cm³/mol. The van der Waals surface area contributed by atoms with E-state index in [-0.39, 0.29) is 36.7 Å². The third-order valence-electron chi connectivity index (χ3n) is 4.49. The second-order valence-corrected chi connectivity index (χ2v) is 8.56. The average molecular weight is 388 g/mol. The summed E-state index contributed by atoms with van der Waals surface area (Å²) in [5.41, 5.74) is 0. The first-order chi connectivity index (χ1) is 11.6. The van der Waals surface area contributed by atoms with Crippen molar-refractivity contribution in [2.75, 3.05) is 18.8 Å². The van der Waals surface area contributed by atoms with Crippen LogP contribution in [0.4, 0.5) is 0 Å². The largest absolute Gasteiger partial charge is 1.00 e. The quantitative estimate of drug-likeness (QED) is 0.203. The molecule has 0 atom stereocenters. The molecular weight excluding hydrogens is 345 g/mol. The van der Waals surface area contributed by atoms with Crippen molar-refractivity contribution in [3.8, 4) is 0 Å². The van der Waals surface area contributed by atoms with E-state index in [0.29, 0.717) is 6.54 Å². The van der Waals surface area contributed by atoms with Crippen LogP contribution in [0.1, 0.15) is 105 Å². The van der Waals surface area contributed by atoms with Crippen LogP contribution in [-0.4, -0.2) is 31.8 Å². The first-order valence-electron chi connectivity index (χ1n) is 10.2. The molecule has 0 fully saturated rings. The molecule has 4 nitrogen and oxygen atoms in total. The zero-order valence-electron chi connectivity index (χ0n) is 17.9. The Bertz CT molecular complexity index is 357. The van der Waals surface area contributed by atoms with Gasteiger partial charge in [0.15, 0.2) is 0 Å². The molecule has 6 heteroatoms. The van der Waals surface area contributed by atoms with E-state index in [1.54, 1.807) is 0 Å². The van der Waals surface area contributed by atoms with E-state index in [9.17, 15) is 8.42 Å². The van der Waals surface area contributed by atoms with Gasteiger partial charge in [0.05, 0.1) is 5.75 Å². The van der Waals surface area contributed by atoms with Crippen molar-refractivity contribution < 1.29 is 44.0 Å². The molecule has 0 saturated heterocycles. The predicted octanol–water partition coefficient (Wildman–Crippen LogP) is 2.45. The zero-order chi connectivity index (χ0) is 17.9. The fourth-order valence-corrected chi connectivity index (χ4v) is 3.35. The molecule has 0 amide bonds. The molecule has 2 N–H and O–H groups in total. The van der Waals surface area contributed by atoms with E-state index in [4.69, 9.17) is 4.55 Å². The Balaban J connectivity index is -0.00000264. The van der Waals surface area contributed by atoms with Crippen LogP contribution >= 0.6 is 0 Å². The van der Waals surface area contributed by atoms with Gasteiger partial charge in [-0.05, 0) is 13.0 Å². The molecule has 0 saturated carbocycles. The molecule has 148 valence electrons. The average Bonchev–Trinajstić information content (AvgIpc) is 2.52. The third-order valence-corrected chi connectivity index (χ3v) is 5.21. The van der Waals surface area contributed by atoms with Crippen LogP contribution in [0.2, 0.25) is 0 Å². The first kappa shape index (κ1) is 28.1. The molecule has 0 aliphatic heterocycles. The van der Waals surface area contributed by atoms with Crippen LogP contribution in [0.5, 0.6) is 0 Å². The summed E-state index contributed by atoms with van der Waals surface area (Å²) in [6, 6.07) is 0. The minimum atomic E-state index is -3.81. The SMILES string of the molecule is CCCCCCCCCCCCCCCCCNCCS(=O)(=O)O.[H-].[Na+]. The second kappa shape index (κ2) is 21.2. The van der Waals surface area contributed by atoms with Gasteiger partial charge in [0.25, 0.3) is 10.1 Å². The molecule has 0 spiro atoms. The van der Waals surface area contributed by atoms with Crippen molar-refractivity contribution in [3.63, 3.8) is 0 Å². The standard InChI is InChI=1S/C19H41NO3S.Na.H/c1-2-3-4-5-6-7-8-9-10-11-12-13-14-15-16-17-20-18-19-24(21,22)23;;/h20H,2-19H2,1H3,(H,21,22,23);;/q;+1;-1. The Morgan fingerprint density at radius 1 is 0.680 bits per heavy atom. The second-order valence-electron chi connectivity index (χ2n) is 6.99. The van der Waals surface area contributed by atoms with Crippen molar-refractivity contribution >= 4 is 10.1 Å². The van der Waals surface area contributed by atoms with Gasteiger partial charge in [-0.2, -0.15) is 8.42 Å². The topological polar surface area (TPSA) is 66.4 Å². The van der Waals surface area contributed by atoms with Gasteiger partial charge in [0.2, 0.25) is 0 Å². The molecule has 0 rings (SSSR count). The summed E-state index contributed by atoms with van der Waals surface area (Å²) in [6.45, 7) is 3.45. The van der Waals surface area contributed by atoms with Crippen molar-refractivity contribution in [2.24, 2.45) is 0 Å². The van der Waals surface area contributed by atoms with Gasteiger partial charge in [-0.1, -0.05) is 96.8 Å². The maximum absolute atomic E-state index is 10.5. The Hall–Kier alpha value is 0.870. The molecule has 0 heterocycles. The molecule has 25 heavy (non-hydrogen) atoms. The maximum Gasteiger partial charge on any atom is 1.00 e. The van der Waals surface area contributed by atoms with Crippen molar-refractivity contribution in [1.29, 1.82) is 0 Å². The Kier molecular flexibility index (Phi) is 23.8. The number of unbranched alkanes of at least 4 members (excludes halogenated alkanes) is 14. The Labute approximate surface area is 180 Å². The van der Waals surface area contributed by atoms with Gasteiger partial charge in [-0.3, -0.25) is 4.55 Å². The molecular formula is C19H42NNaO3S. The summed E-state index contributed by atoms with van der Waals surface area (Å²) in [7, 11) is -3.81. The van der Waals surface area contributed by atoms with Gasteiger partial charge in [0, 0.05) is 6.54 Å². The van der Waals surface area contributed by atoms with Crippen LogP contribution < -0.4 is 34.9 Å². The molecule has 0 unspecified atom stereocenters. The van der Waals surface area contributed by atoms with Gasteiger partial charge < -0.3 is 6.74 Å². The molecule has 0 aliphatic rings. The Morgan fingerprint density at radius 3 is 1.40 bits per heavy atom. The van der Waals surface area contributed by atoms with Gasteiger partial charge in [-0.15, -0.1) is 0 Å². The molecule has 0 aromatic heterocycles. The van der Waals surface area contributed by atoms with Crippen LogP contribution in [0.15, 0.2) is 0 Å². The van der Waals surface area contributed by atoms with E-state index < -0.39 is 10.1 Å².